The summed E-state index contributed by atoms with van der Waals surface area (Å²) in [5, 5.41) is 13.1. The summed E-state index contributed by atoms with van der Waals surface area (Å²) in [5.74, 6) is 0.358. The molecule has 2 aliphatic heterocycles. The van der Waals surface area contributed by atoms with Crippen LogP contribution in [0.4, 0.5) is 0 Å². The first-order valence-corrected chi connectivity index (χ1v) is 7.99. The highest BCUT2D eigenvalue weighted by Crippen LogP contribution is 2.23. The second kappa shape index (κ2) is 6.15. The molecule has 3 atom stereocenters. The van der Waals surface area contributed by atoms with Crippen molar-refractivity contribution < 1.29 is 5.11 Å². The van der Waals surface area contributed by atoms with Crippen LogP contribution in [0.15, 0.2) is 24.3 Å². The number of aromatic hydroxyl groups is 1. The molecule has 3 nitrogen and oxygen atoms in total. The maximum absolute atomic E-state index is 9.31. The van der Waals surface area contributed by atoms with Crippen LogP contribution in [-0.4, -0.2) is 41.2 Å². The van der Waals surface area contributed by atoms with E-state index in [1.165, 1.54) is 44.3 Å². The van der Waals surface area contributed by atoms with E-state index in [-0.39, 0.29) is 0 Å². The number of benzene rings is 1. The summed E-state index contributed by atoms with van der Waals surface area (Å²) >= 11 is 0. The quantitative estimate of drug-likeness (QED) is 0.885. The molecule has 2 bridgehead atoms. The Balaban J connectivity index is 1.51. The van der Waals surface area contributed by atoms with Gasteiger partial charge in [0.1, 0.15) is 5.75 Å². The Kier molecular flexibility index (Phi) is 4.27. The van der Waals surface area contributed by atoms with Gasteiger partial charge in [0.05, 0.1) is 0 Å². The Morgan fingerprint density at radius 1 is 1.20 bits per heavy atom. The van der Waals surface area contributed by atoms with Gasteiger partial charge in [0.2, 0.25) is 0 Å². The summed E-state index contributed by atoms with van der Waals surface area (Å²) in [6.07, 6.45) is 6.33. The number of fused-ring (bicyclic) bond motifs is 2. The van der Waals surface area contributed by atoms with Gasteiger partial charge in [0, 0.05) is 24.7 Å². The van der Waals surface area contributed by atoms with Crippen molar-refractivity contribution in [3.8, 4) is 5.75 Å². The Morgan fingerprint density at radius 3 is 2.75 bits per heavy atom. The smallest absolute Gasteiger partial charge is 0.115 e. The summed E-state index contributed by atoms with van der Waals surface area (Å²) in [6.45, 7) is 4.82. The van der Waals surface area contributed by atoms with Crippen molar-refractivity contribution >= 4 is 0 Å². The van der Waals surface area contributed by atoms with Crippen molar-refractivity contribution in [2.75, 3.05) is 13.1 Å². The van der Waals surface area contributed by atoms with E-state index in [0.717, 1.165) is 18.5 Å². The molecule has 3 heteroatoms. The lowest BCUT2D eigenvalue weighted by atomic mass is 10.0. The van der Waals surface area contributed by atoms with Gasteiger partial charge in [-0.05, 0) is 63.3 Å². The van der Waals surface area contributed by atoms with Gasteiger partial charge in [-0.2, -0.15) is 0 Å². The van der Waals surface area contributed by atoms with Crippen LogP contribution < -0.4 is 5.32 Å². The fraction of sp³-hybridized carbons (Fsp3) is 0.647. The monoisotopic (exact) mass is 274 g/mol. The molecular weight excluding hydrogens is 248 g/mol. The molecule has 2 fully saturated rings. The molecule has 1 aromatic rings. The van der Waals surface area contributed by atoms with Gasteiger partial charge in [-0.3, -0.25) is 4.90 Å². The first-order valence-electron chi connectivity index (χ1n) is 7.99. The third-order valence-electron chi connectivity index (χ3n) is 4.97. The van der Waals surface area contributed by atoms with Crippen molar-refractivity contribution in [1.29, 1.82) is 0 Å². The summed E-state index contributed by atoms with van der Waals surface area (Å²) in [5.41, 5.74) is 1.32. The molecule has 0 amide bonds. The van der Waals surface area contributed by atoms with E-state index in [4.69, 9.17) is 0 Å². The molecule has 2 heterocycles. The van der Waals surface area contributed by atoms with Gasteiger partial charge in [-0.1, -0.05) is 12.1 Å². The van der Waals surface area contributed by atoms with Gasteiger partial charge in [-0.25, -0.2) is 0 Å². The minimum atomic E-state index is 0.358. The number of hydrogen-bond acceptors (Lipinski definition) is 3. The maximum Gasteiger partial charge on any atom is 0.115 e. The molecule has 0 radical (unpaired) electrons. The van der Waals surface area contributed by atoms with Crippen molar-refractivity contribution in [3.63, 3.8) is 0 Å². The molecule has 2 aliphatic rings. The number of nitrogens with one attached hydrogen (secondary N) is 1. The Morgan fingerprint density at radius 2 is 1.95 bits per heavy atom. The molecule has 0 saturated carbocycles. The van der Waals surface area contributed by atoms with E-state index in [2.05, 4.69) is 17.1 Å². The third kappa shape index (κ3) is 3.33. The molecule has 110 valence electrons. The lowest BCUT2D eigenvalue weighted by molar-refractivity contribution is 0.190. The molecule has 0 aromatic heterocycles. The van der Waals surface area contributed by atoms with Gasteiger partial charge >= 0.3 is 0 Å². The molecule has 3 unspecified atom stereocenters. The van der Waals surface area contributed by atoms with Crippen molar-refractivity contribution in [2.45, 2.75) is 57.2 Å². The summed E-state index contributed by atoms with van der Waals surface area (Å²) in [7, 11) is 0. The zero-order chi connectivity index (χ0) is 13.9. The first kappa shape index (κ1) is 13.9. The number of rotatable bonds is 4. The topological polar surface area (TPSA) is 35.5 Å². The van der Waals surface area contributed by atoms with E-state index in [1.807, 2.05) is 12.1 Å². The van der Waals surface area contributed by atoms with E-state index < -0.39 is 0 Å². The van der Waals surface area contributed by atoms with Crippen molar-refractivity contribution in [1.82, 2.24) is 10.2 Å². The van der Waals surface area contributed by atoms with Gasteiger partial charge in [0.15, 0.2) is 0 Å². The predicted molar refractivity (Wildman–Crippen MR) is 82.0 cm³/mol. The summed E-state index contributed by atoms with van der Waals surface area (Å²) in [4.78, 5) is 2.66. The lowest BCUT2D eigenvalue weighted by Gasteiger charge is -2.30. The predicted octanol–water partition coefficient (Wildman–Crippen LogP) is 2.54. The minimum Gasteiger partial charge on any atom is -0.508 e. The normalized spacial score (nSPS) is 28.2. The number of hydrogen-bond donors (Lipinski definition) is 2. The number of nitrogens with zero attached hydrogens (tertiary/aromatic N) is 1. The second-order valence-electron chi connectivity index (χ2n) is 6.48. The van der Waals surface area contributed by atoms with Crippen molar-refractivity contribution in [2.24, 2.45) is 0 Å². The Labute approximate surface area is 122 Å². The number of likely N-dealkylation sites (tertiary alicyclic amines) is 1. The molecule has 0 aliphatic carbocycles. The zero-order valence-electron chi connectivity index (χ0n) is 12.4. The van der Waals surface area contributed by atoms with Crippen LogP contribution in [0, 0.1) is 0 Å². The number of phenols is 1. The van der Waals surface area contributed by atoms with E-state index in [9.17, 15) is 5.11 Å². The minimum absolute atomic E-state index is 0.358. The fourth-order valence-corrected chi connectivity index (χ4v) is 3.59. The highest BCUT2D eigenvalue weighted by atomic mass is 16.3. The SMILES string of the molecule is CC(CCc1ccc(O)cc1)N1CCC2CCC(C1)N2. The first-order chi connectivity index (χ1) is 9.70. The zero-order valence-corrected chi connectivity index (χ0v) is 12.4. The van der Waals surface area contributed by atoms with Crippen LogP contribution in [0.2, 0.25) is 0 Å². The molecule has 0 spiro atoms. The molecule has 20 heavy (non-hydrogen) atoms. The molecule has 1 aromatic carbocycles. The van der Waals surface area contributed by atoms with E-state index in [1.54, 1.807) is 12.1 Å². The average molecular weight is 274 g/mol. The standard InChI is InChI=1S/C17H26N2O/c1-13(2-3-14-4-8-17(20)9-5-14)19-11-10-15-6-7-16(12-19)18-15/h4-5,8-9,13,15-16,18,20H,2-3,6-7,10-12H2,1H3. The van der Waals surface area contributed by atoms with Crippen molar-refractivity contribution in [3.05, 3.63) is 29.8 Å². The van der Waals surface area contributed by atoms with Gasteiger partial charge < -0.3 is 10.4 Å². The van der Waals surface area contributed by atoms with E-state index >= 15 is 0 Å². The molecule has 3 rings (SSSR count). The Bertz CT molecular complexity index is 431. The van der Waals surface area contributed by atoms with E-state index in [0.29, 0.717) is 11.8 Å². The Hall–Kier alpha value is -1.06. The summed E-state index contributed by atoms with van der Waals surface area (Å²) in [6, 6.07) is 9.78. The van der Waals surface area contributed by atoms with Crippen LogP contribution in [0.25, 0.3) is 0 Å². The fourth-order valence-electron chi connectivity index (χ4n) is 3.59. The molecule has 2 N–H and O–H groups in total. The number of aryl methyl sites for hydroxylation is 1. The molecular formula is C17H26N2O. The highest BCUT2D eigenvalue weighted by molar-refractivity contribution is 5.25. The number of phenolic OH excluding ortho intramolecular Hbond substituents is 1. The average Bonchev–Trinajstić information content (AvgIpc) is 2.77. The van der Waals surface area contributed by atoms with Crippen LogP contribution in [0.5, 0.6) is 5.75 Å². The molecule has 2 saturated heterocycles. The van der Waals surface area contributed by atoms with Crippen LogP contribution >= 0.6 is 0 Å². The van der Waals surface area contributed by atoms with Crippen LogP contribution in [0.3, 0.4) is 0 Å². The van der Waals surface area contributed by atoms with Gasteiger partial charge in [-0.15, -0.1) is 0 Å². The van der Waals surface area contributed by atoms with Crippen LogP contribution in [0.1, 0.15) is 38.2 Å². The largest absolute Gasteiger partial charge is 0.508 e. The van der Waals surface area contributed by atoms with Crippen LogP contribution in [-0.2, 0) is 6.42 Å². The maximum atomic E-state index is 9.31. The highest BCUT2D eigenvalue weighted by Gasteiger charge is 2.30. The van der Waals surface area contributed by atoms with Gasteiger partial charge in [0.25, 0.3) is 0 Å². The summed E-state index contributed by atoms with van der Waals surface area (Å²) < 4.78 is 0. The third-order valence-corrected chi connectivity index (χ3v) is 4.97. The lowest BCUT2D eigenvalue weighted by Crippen LogP contribution is -2.40. The second-order valence-corrected chi connectivity index (χ2v) is 6.48.